The highest BCUT2D eigenvalue weighted by Gasteiger charge is 2.50. The Bertz CT molecular complexity index is 2730. The number of amides is 2. The molecule has 4 aromatic rings. The number of aromatic nitrogens is 6. The lowest BCUT2D eigenvalue weighted by atomic mass is 10.1. The number of phosphoric acid groups is 2. The van der Waals surface area contributed by atoms with Crippen molar-refractivity contribution < 1.29 is 80.6 Å². The molecular formula is C38H51N13O18P2. The quantitative estimate of drug-likeness (QED) is 0.0113. The molecule has 31 nitrogen and oxygen atoms in total. The number of rotatable bonds is 21. The van der Waals surface area contributed by atoms with Gasteiger partial charge >= 0.3 is 39.5 Å². The molecule has 71 heavy (non-hydrogen) atoms. The first-order valence-electron chi connectivity index (χ1n) is 21.4. The summed E-state index contributed by atoms with van der Waals surface area (Å²) in [6.07, 6.45) is -9.11. The third-order valence-electron chi connectivity index (χ3n) is 10.3. The van der Waals surface area contributed by atoms with Crippen LogP contribution < -0.4 is 27.8 Å². The maximum Gasteiger partial charge on any atom is 0.472 e. The molecule has 2 aliphatic rings. The fourth-order valence-corrected chi connectivity index (χ4v) is 8.39. The first-order valence-corrected chi connectivity index (χ1v) is 24.4. The lowest BCUT2D eigenvalue weighted by molar-refractivity contribution is -0.159. The lowest BCUT2D eigenvalue weighted by Crippen LogP contribution is -2.47. The molecule has 2 fully saturated rings. The summed E-state index contributed by atoms with van der Waals surface area (Å²) in [6.45, 7) is 2.95. The summed E-state index contributed by atoms with van der Waals surface area (Å²) < 4.78 is 70.9. The van der Waals surface area contributed by atoms with Crippen molar-refractivity contribution in [3.05, 3.63) is 75.7 Å². The summed E-state index contributed by atoms with van der Waals surface area (Å²) in [5, 5.41) is 20.3. The normalized spacial score (nSPS) is 22.5. The van der Waals surface area contributed by atoms with Crippen LogP contribution in [0.15, 0.2) is 59.1 Å². The standard InChI is InChI=1S/C38H51N13O18P2/c1-38(2,3)68-37(56)46-22(6-4-5-12-42-36(55)62-15-20-7-9-21(10-8-20)48-49-41)34(53)67-30-25(66-33(29(30)52)51-19-45-28-31(40)43-18-44-32(28)51)17-64-71(60,61)69-23-14-27(50-13-11-26(39)47-35(50)54)65-24(23)16-63-70(57,58)59/h7-11,13,18-19,22-25,27,29-30,33,52H,4-6,12,14-17H2,1-3H3,(H,42,55)(H,46,56)(H,60,61)(H2,39,47,54)(H2,40,43,44)(H2,57,58,59)/t22-,23-,24+,25+,27+,29+,30+,33+/m0/s1. The lowest BCUT2D eigenvalue weighted by Gasteiger charge is -2.26. The van der Waals surface area contributed by atoms with Crippen molar-refractivity contribution in [2.24, 2.45) is 5.11 Å². The number of azide groups is 1. The Hall–Kier alpha value is -6.33. The highest BCUT2D eigenvalue weighted by molar-refractivity contribution is 7.47. The number of hydrogen-bond acceptors (Lipinski definition) is 22. The first-order chi connectivity index (χ1) is 33.5. The number of nitrogens with zero attached hydrogens (tertiary/aromatic N) is 9. The molecule has 1 unspecified atom stereocenters. The summed E-state index contributed by atoms with van der Waals surface area (Å²) in [4.78, 5) is 100. The number of nitrogens with one attached hydrogen (secondary N) is 2. The number of carbonyl (C=O) groups is 3. The number of unbranched alkanes of at least 4 members (excludes halogenated alkanes) is 1. The number of alkyl carbamates (subject to hydrolysis) is 2. The molecule has 9 atom stereocenters. The van der Waals surface area contributed by atoms with E-state index in [1.165, 1.54) is 23.2 Å². The molecule has 0 aliphatic carbocycles. The van der Waals surface area contributed by atoms with Gasteiger partial charge in [0.2, 0.25) is 0 Å². The second-order valence-corrected chi connectivity index (χ2v) is 19.3. The van der Waals surface area contributed by atoms with Crippen molar-refractivity contribution in [2.75, 3.05) is 31.2 Å². The maximum absolute atomic E-state index is 14.1. The van der Waals surface area contributed by atoms with E-state index < -0.39 is 107 Å². The number of imidazole rings is 1. The Morgan fingerprint density at radius 1 is 1.00 bits per heavy atom. The van der Waals surface area contributed by atoms with Crippen molar-refractivity contribution in [3.63, 3.8) is 0 Å². The number of benzene rings is 1. The smallest absolute Gasteiger partial charge is 0.455 e. The fourth-order valence-electron chi connectivity index (χ4n) is 7.09. The number of nitrogen functional groups attached to an aromatic ring is 2. The van der Waals surface area contributed by atoms with Gasteiger partial charge < -0.3 is 65.6 Å². The zero-order chi connectivity index (χ0) is 51.7. The summed E-state index contributed by atoms with van der Waals surface area (Å²) in [5.41, 5.74) is 19.4. The third kappa shape index (κ3) is 15.3. The monoisotopic (exact) mass is 1040 g/mol. The Morgan fingerprint density at radius 2 is 1.73 bits per heavy atom. The van der Waals surface area contributed by atoms with Crippen molar-refractivity contribution in [1.82, 2.24) is 39.7 Å². The average Bonchev–Trinajstić information content (AvgIpc) is 3.98. The van der Waals surface area contributed by atoms with Gasteiger partial charge in [-0.1, -0.05) is 29.4 Å². The number of phosphoric ester groups is 2. The fraction of sp³-hybridized carbons (Fsp3) is 0.526. The van der Waals surface area contributed by atoms with Gasteiger partial charge in [0.15, 0.2) is 23.8 Å². The molecule has 33 heteroatoms. The molecule has 3 aromatic heterocycles. The maximum atomic E-state index is 14.1. The predicted octanol–water partition coefficient (Wildman–Crippen LogP) is 2.25. The van der Waals surface area contributed by atoms with E-state index in [2.05, 4.69) is 45.1 Å². The minimum atomic E-state index is -5.29. The average molecular weight is 1040 g/mol. The van der Waals surface area contributed by atoms with Crippen LogP contribution in [-0.2, 0) is 57.8 Å². The van der Waals surface area contributed by atoms with Crippen LogP contribution in [0.2, 0.25) is 0 Å². The zero-order valence-corrected chi connectivity index (χ0v) is 39.8. The van der Waals surface area contributed by atoms with Crippen LogP contribution in [-0.4, -0.2) is 129 Å². The molecular weight excluding hydrogens is 988 g/mol. The van der Waals surface area contributed by atoms with E-state index in [1.807, 2.05) is 0 Å². The van der Waals surface area contributed by atoms with Gasteiger partial charge in [0.05, 0.1) is 19.5 Å². The predicted molar refractivity (Wildman–Crippen MR) is 240 cm³/mol. The van der Waals surface area contributed by atoms with E-state index in [-0.39, 0.29) is 61.6 Å². The zero-order valence-electron chi connectivity index (χ0n) is 38.0. The molecule has 1 aromatic carbocycles. The number of aliphatic hydroxyl groups is 1. The number of anilines is 2. The molecule has 5 heterocycles. The summed E-state index contributed by atoms with van der Waals surface area (Å²) in [5.74, 6) is -1.27. The van der Waals surface area contributed by atoms with Crippen LogP contribution in [0, 0.1) is 0 Å². The second kappa shape index (κ2) is 23.3. The Balaban J connectivity index is 1.15. The number of fused-ring (bicyclic) bond motifs is 1. The Labute approximate surface area is 401 Å². The van der Waals surface area contributed by atoms with Gasteiger partial charge in [-0.05, 0) is 57.2 Å². The van der Waals surface area contributed by atoms with Crippen LogP contribution >= 0.6 is 15.6 Å². The van der Waals surface area contributed by atoms with Gasteiger partial charge in [-0.2, -0.15) is 4.98 Å². The number of carbonyl (C=O) groups excluding carboxylic acids is 3. The summed E-state index contributed by atoms with van der Waals surface area (Å²) in [7, 11) is -10.4. The van der Waals surface area contributed by atoms with Gasteiger partial charge in [0.1, 0.15) is 66.6 Å². The van der Waals surface area contributed by atoms with E-state index in [4.69, 9.17) is 49.7 Å². The Morgan fingerprint density at radius 3 is 2.42 bits per heavy atom. The highest BCUT2D eigenvalue weighted by atomic mass is 31.2. The van der Waals surface area contributed by atoms with Crippen LogP contribution in [0.25, 0.3) is 21.6 Å². The van der Waals surface area contributed by atoms with Crippen LogP contribution in [0.1, 0.15) is 64.5 Å². The first kappa shape index (κ1) is 54.0. The molecule has 10 N–H and O–H groups in total. The van der Waals surface area contributed by atoms with Crippen molar-refractivity contribution in [1.29, 1.82) is 0 Å². The summed E-state index contributed by atoms with van der Waals surface area (Å²) >= 11 is 0. The molecule has 2 aliphatic heterocycles. The number of aliphatic hydroxyl groups excluding tert-OH is 1. The molecule has 0 bridgehead atoms. The number of hydrogen-bond donors (Lipinski definition) is 8. The van der Waals surface area contributed by atoms with Crippen LogP contribution in [0.4, 0.5) is 26.9 Å². The topological polar surface area (TPSA) is 443 Å². The number of esters is 1. The molecule has 2 saturated heterocycles. The van der Waals surface area contributed by atoms with E-state index in [0.717, 1.165) is 10.9 Å². The molecule has 2 amide bonds. The van der Waals surface area contributed by atoms with Gasteiger partial charge in [0, 0.05) is 29.8 Å². The number of nitrogens with two attached hydrogens (primary N) is 2. The van der Waals surface area contributed by atoms with Crippen LogP contribution in [0.5, 0.6) is 0 Å². The Kier molecular flexibility index (Phi) is 17.7. The molecule has 0 spiro atoms. The molecule has 0 radical (unpaired) electrons. The van der Waals surface area contributed by atoms with Gasteiger partial charge in [-0.3, -0.25) is 22.7 Å². The largest absolute Gasteiger partial charge is 0.472 e. The van der Waals surface area contributed by atoms with Gasteiger partial charge in [0.25, 0.3) is 0 Å². The summed E-state index contributed by atoms with van der Waals surface area (Å²) in [6, 6.07) is 6.16. The molecule has 386 valence electrons. The van der Waals surface area contributed by atoms with Crippen molar-refractivity contribution in [3.8, 4) is 0 Å². The van der Waals surface area contributed by atoms with Gasteiger partial charge in [-0.25, -0.2) is 43.3 Å². The second-order valence-electron chi connectivity index (χ2n) is 16.7. The van der Waals surface area contributed by atoms with Gasteiger partial charge in [-0.15, -0.1) is 0 Å². The van der Waals surface area contributed by atoms with Crippen molar-refractivity contribution in [2.45, 2.75) is 108 Å². The minimum absolute atomic E-state index is 0.0269. The van der Waals surface area contributed by atoms with E-state index >= 15 is 0 Å². The van der Waals surface area contributed by atoms with Crippen molar-refractivity contribution >= 4 is 62.3 Å². The molecule has 6 rings (SSSR count). The number of ether oxygens (including phenoxy) is 5. The molecule has 0 saturated carbocycles. The van der Waals surface area contributed by atoms with E-state index in [1.54, 1.807) is 45.0 Å². The highest BCUT2D eigenvalue weighted by Crippen LogP contribution is 2.50. The van der Waals surface area contributed by atoms with Crippen LogP contribution in [0.3, 0.4) is 0 Å². The third-order valence-corrected chi connectivity index (χ3v) is 11.8. The van der Waals surface area contributed by atoms with E-state index in [0.29, 0.717) is 11.3 Å². The SMILES string of the molecule is CC(C)(C)OC(=O)N[C@@H](CCCCNC(=O)OCc1ccc(N=[N+]=[N-])cc1)C(=O)O[C@H]1[C@@H](O)[C@H](n2cnc3c(N)ncnc32)O[C@@H]1COP(=O)(O)O[C@H]1C[C@H](n2ccc(N)nc2=O)O[C@@H]1COP(=O)(O)O. The van der Waals surface area contributed by atoms with E-state index in [9.17, 15) is 48.1 Å². The minimum Gasteiger partial charge on any atom is -0.455 e.